The molecule has 0 aliphatic carbocycles. The third kappa shape index (κ3) is 4.73. The molecule has 2 amide bonds. The van der Waals surface area contributed by atoms with E-state index in [1.165, 1.54) is 11.8 Å². The number of carbonyl (C=O) groups is 2. The summed E-state index contributed by atoms with van der Waals surface area (Å²) in [6.07, 6.45) is 0. The average Bonchev–Trinajstić information content (AvgIpc) is 3.10. The molecule has 0 fully saturated rings. The van der Waals surface area contributed by atoms with Crippen LogP contribution in [0.2, 0.25) is 0 Å². The molecule has 0 unspecified atom stereocenters. The first kappa shape index (κ1) is 18.7. The van der Waals surface area contributed by atoms with Crippen molar-refractivity contribution in [3.63, 3.8) is 0 Å². The van der Waals surface area contributed by atoms with Crippen LogP contribution in [0.25, 0.3) is 11.5 Å². The topological polar surface area (TPSA) is 111 Å². The monoisotopic (exact) mass is 382 g/mol. The Hall–Kier alpha value is -3.13. The first-order valence-corrected chi connectivity index (χ1v) is 9.08. The van der Waals surface area contributed by atoms with Crippen molar-refractivity contribution in [1.29, 1.82) is 0 Å². The maximum Gasteiger partial charge on any atom is 0.277 e. The molecule has 138 valence electrons. The van der Waals surface area contributed by atoms with Gasteiger partial charge in [0.1, 0.15) is 0 Å². The van der Waals surface area contributed by atoms with Crippen LogP contribution in [0.3, 0.4) is 0 Å². The molecule has 0 bridgehead atoms. The Labute approximate surface area is 160 Å². The van der Waals surface area contributed by atoms with E-state index >= 15 is 0 Å². The second-order valence-electron chi connectivity index (χ2n) is 5.93. The fourth-order valence-electron chi connectivity index (χ4n) is 2.32. The molecule has 3 rings (SSSR count). The van der Waals surface area contributed by atoms with Gasteiger partial charge >= 0.3 is 0 Å². The molecule has 0 radical (unpaired) electrons. The highest BCUT2D eigenvalue weighted by Gasteiger charge is 2.19. The number of hydrogen-bond donors (Lipinski definition) is 2. The van der Waals surface area contributed by atoms with Gasteiger partial charge in [-0.2, -0.15) is 0 Å². The van der Waals surface area contributed by atoms with Gasteiger partial charge in [0.05, 0.1) is 5.25 Å². The molecule has 2 aromatic carbocycles. The van der Waals surface area contributed by atoms with Gasteiger partial charge in [0.15, 0.2) is 0 Å². The van der Waals surface area contributed by atoms with Crippen LogP contribution in [-0.2, 0) is 4.79 Å². The van der Waals surface area contributed by atoms with Crippen LogP contribution in [0.4, 0.5) is 5.69 Å². The predicted molar refractivity (Wildman–Crippen MR) is 103 cm³/mol. The van der Waals surface area contributed by atoms with Gasteiger partial charge in [0.25, 0.3) is 5.22 Å². The molecule has 3 aromatic rings. The van der Waals surface area contributed by atoms with Gasteiger partial charge in [-0.3, -0.25) is 9.59 Å². The Bertz CT molecular complexity index is 969. The molecule has 1 heterocycles. The zero-order valence-electron chi connectivity index (χ0n) is 14.8. The Morgan fingerprint density at radius 3 is 2.56 bits per heavy atom. The van der Waals surface area contributed by atoms with Gasteiger partial charge in [0.2, 0.25) is 17.7 Å². The highest BCUT2D eigenvalue weighted by Crippen LogP contribution is 2.27. The van der Waals surface area contributed by atoms with Gasteiger partial charge in [-0.15, -0.1) is 10.2 Å². The zero-order chi connectivity index (χ0) is 19.4. The number of aryl methyl sites for hydroxylation is 1. The van der Waals surface area contributed by atoms with E-state index in [-0.39, 0.29) is 5.91 Å². The van der Waals surface area contributed by atoms with Crippen molar-refractivity contribution in [3.05, 3.63) is 59.7 Å². The van der Waals surface area contributed by atoms with Crippen molar-refractivity contribution >= 4 is 29.3 Å². The molecule has 0 saturated carbocycles. The van der Waals surface area contributed by atoms with Gasteiger partial charge in [-0.1, -0.05) is 29.5 Å². The lowest BCUT2D eigenvalue weighted by Crippen LogP contribution is -2.22. The number of nitrogens with zero attached hydrogens (tertiary/aromatic N) is 2. The molecule has 3 N–H and O–H groups in total. The standard InChI is InChI=1S/C19H18N4O3S/c1-11-4-3-5-14(10-11)18-22-23-19(26-18)27-12(2)17(25)21-15-8-6-13(7-9-15)16(20)24/h3-10,12H,1-2H3,(H2,20,24)(H,21,25)/t12-/m0/s1. The molecule has 8 heteroatoms. The number of benzene rings is 2. The molecule has 0 aliphatic heterocycles. The summed E-state index contributed by atoms with van der Waals surface area (Å²) >= 11 is 1.17. The van der Waals surface area contributed by atoms with Crippen molar-refractivity contribution in [3.8, 4) is 11.5 Å². The SMILES string of the molecule is Cc1cccc(-c2nnc(S[C@@H](C)C(=O)Nc3ccc(C(N)=O)cc3)o2)c1. The summed E-state index contributed by atoms with van der Waals surface area (Å²) in [6, 6.07) is 14.1. The van der Waals surface area contributed by atoms with Crippen molar-refractivity contribution in [2.45, 2.75) is 24.3 Å². The minimum absolute atomic E-state index is 0.220. The number of nitrogens with two attached hydrogens (primary N) is 1. The Morgan fingerprint density at radius 2 is 1.89 bits per heavy atom. The van der Waals surface area contributed by atoms with Crippen LogP contribution < -0.4 is 11.1 Å². The van der Waals surface area contributed by atoms with E-state index in [1.807, 2.05) is 31.2 Å². The van der Waals surface area contributed by atoms with Crippen molar-refractivity contribution in [2.24, 2.45) is 5.73 Å². The number of primary amides is 1. The van der Waals surface area contributed by atoms with E-state index in [0.717, 1.165) is 11.1 Å². The summed E-state index contributed by atoms with van der Waals surface area (Å²) in [6.45, 7) is 3.73. The predicted octanol–water partition coefficient (Wildman–Crippen LogP) is 3.26. The van der Waals surface area contributed by atoms with Crippen molar-refractivity contribution in [2.75, 3.05) is 5.32 Å². The molecular formula is C19H18N4O3S. The van der Waals surface area contributed by atoms with Crippen LogP contribution in [0.15, 0.2) is 58.2 Å². The average molecular weight is 382 g/mol. The molecule has 0 spiro atoms. The first-order valence-electron chi connectivity index (χ1n) is 8.20. The molecule has 0 aliphatic rings. The molecule has 1 aromatic heterocycles. The van der Waals surface area contributed by atoms with E-state index in [1.54, 1.807) is 31.2 Å². The van der Waals surface area contributed by atoms with E-state index in [0.29, 0.717) is 22.4 Å². The molecule has 0 saturated heterocycles. The number of aromatic nitrogens is 2. The Kier molecular flexibility index (Phi) is 5.56. The Morgan fingerprint density at radius 1 is 1.15 bits per heavy atom. The number of rotatable bonds is 6. The van der Waals surface area contributed by atoms with Crippen LogP contribution in [0.5, 0.6) is 0 Å². The minimum atomic E-state index is -0.516. The van der Waals surface area contributed by atoms with Crippen LogP contribution >= 0.6 is 11.8 Å². The minimum Gasteiger partial charge on any atom is -0.411 e. The summed E-state index contributed by atoms with van der Waals surface area (Å²) in [5.74, 6) is -0.324. The molecular weight excluding hydrogens is 364 g/mol. The highest BCUT2D eigenvalue weighted by atomic mass is 32.2. The number of amides is 2. The summed E-state index contributed by atoms with van der Waals surface area (Å²) in [5, 5.41) is 10.7. The second kappa shape index (κ2) is 8.05. The van der Waals surface area contributed by atoms with Crippen LogP contribution in [0.1, 0.15) is 22.8 Å². The van der Waals surface area contributed by atoms with E-state index in [9.17, 15) is 9.59 Å². The lowest BCUT2D eigenvalue weighted by molar-refractivity contribution is -0.115. The highest BCUT2D eigenvalue weighted by molar-refractivity contribution is 8.00. The van der Waals surface area contributed by atoms with Gasteiger partial charge in [0, 0.05) is 16.8 Å². The summed E-state index contributed by atoms with van der Waals surface area (Å²) in [4.78, 5) is 23.4. The molecule has 7 nitrogen and oxygen atoms in total. The third-order valence-electron chi connectivity index (χ3n) is 3.76. The number of carbonyl (C=O) groups excluding carboxylic acids is 2. The lowest BCUT2D eigenvalue weighted by Gasteiger charge is -2.10. The third-order valence-corrected chi connectivity index (χ3v) is 4.69. The quantitative estimate of drug-likeness (QED) is 0.633. The van der Waals surface area contributed by atoms with Gasteiger partial charge in [-0.05, 0) is 50.2 Å². The summed E-state index contributed by atoms with van der Waals surface area (Å²) in [5.41, 5.74) is 8.08. The normalized spacial score (nSPS) is 11.8. The maximum absolute atomic E-state index is 12.3. The number of hydrogen-bond acceptors (Lipinski definition) is 6. The smallest absolute Gasteiger partial charge is 0.277 e. The van der Waals surface area contributed by atoms with Crippen LogP contribution in [-0.4, -0.2) is 27.3 Å². The second-order valence-corrected chi connectivity index (χ2v) is 7.23. The largest absolute Gasteiger partial charge is 0.411 e. The summed E-state index contributed by atoms with van der Waals surface area (Å²) < 4.78 is 5.65. The number of anilines is 1. The van der Waals surface area contributed by atoms with Crippen LogP contribution in [0, 0.1) is 6.92 Å². The summed E-state index contributed by atoms with van der Waals surface area (Å²) in [7, 11) is 0. The zero-order valence-corrected chi connectivity index (χ0v) is 15.6. The maximum atomic E-state index is 12.3. The van der Waals surface area contributed by atoms with Gasteiger partial charge < -0.3 is 15.5 Å². The van der Waals surface area contributed by atoms with Crippen molar-refractivity contribution in [1.82, 2.24) is 10.2 Å². The Balaban J connectivity index is 1.62. The fraction of sp³-hybridized carbons (Fsp3) is 0.158. The number of nitrogens with one attached hydrogen (secondary N) is 1. The number of thioether (sulfide) groups is 1. The molecule has 1 atom stereocenters. The van der Waals surface area contributed by atoms with Gasteiger partial charge in [-0.25, -0.2) is 0 Å². The van der Waals surface area contributed by atoms with E-state index < -0.39 is 11.2 Å². The first-order chi connectivity index (χ1) is 12.9. The van der Waals surface area contributed by atoms with E-state index in [4.69, 9.17) is 10.2 Å². The fourth-order valence-corrected chi connectivity index (χ4v) is 3.00. The van der Waals surface area contributed by atoms with Crippen molar-refractivity contribution < 1.29 is 14.0 Å². The molecule has 27 heavy (non-hydrogen) atoms. The lowest BCUT2D eigenvalue weighted by atomic mass is 10.1. The van der Waals surface area contributed by atoms with E-state index in [2.05, 4.69) is 15.5 Å².